The van der Waals surface area contributed by atoms with Gasteiger partial charge in [0.1, 0.15) is 0 Å². The Labute approximate surface area is 121 Å². The zero-order valence-electron chi connectivity index (χ0n) is 12.8. The minimum absolute atomic E-state index is 0.0626. The number of hydrogen-bond acceptors (Lipinski definition) is 3. The molecular formula is C17H24N2O. The second kappa shape index (κ2) is 5.51. The van der Waals surface area contributed by atoms with E-state index < -0.39 is 5.60 Å². The van der Waals surface area contributed by atoms with Crippen molar-refractivity contribution in [3.63, 3.8) is 0 Å². The average molecular weight is 272 g/mol. The molecule has 108 valence electrons. The van der Waals surface area contributed by atoms with Gasteiger partial charge in [0.05, 0.1) is 11.1 Å². The van der Waals surface area contributed by atoms with Gasteiger partial charge in [-0.15, -0.1) is 0 Å². The average Bonchev–Trinajstić information content (AvgIpc) is 2.36. The Bertz CT molecular complexity index is 580. The normalized spacial score (nSPS) is 15.2. The first kappa shape index (κ1) is 14.9. The molecular weight excluding hydrogens is 248 g/mol. The van der Waals surface area contributed by atoms with Gasteiger partial charge in [-0.25, -0.2) is 0 Å². The van der Waals surface area contributed by atoms with Crippen LogP contribution in [0.4, 0.5) is 0 Å². The molecule has 0 saturated carbocycles. The molecule has 2 rings (SSSR count). The number of benzene rings is 1. The fraction of sp³-hybridized carbons (Fsp3) is 0.471. The smallest absolute Gasteiger partial charge is 0.0901 e. The van der Waals surface area contributed by atoms with Crippen LogP contribution in [0.1, 0.15) is 39.7 Å². The van der Waals surface area contributed by atoms with Crippen LogP contribution in [0.5, 0.6) is 0 Å². The van der Waals surface area contributed by atoms with Crippen LogP contribution in [0.2, 0.25) is 0 Å². The standard InChI is InChI=1S/C17H24N2O/c1-16(2,3)19-12-10-17(4,20)14-9-5-7-13-8-6-11-18-15(13)14/h5-9,11,19-20H,10,12H2,1-4H3. The molecule has 2 N–H and O–H groups in total. The lowest BCUT2D eigenvalue weighted by atomic mass is 9.90. The van der Waals surface area contributed by atoms with Gasteiger partial charge >= 0.3 is 0 Å². The van der Waals surface area contributed by atoms with Gasteiger partial charge in [-0.2, -0.15) is 0 Å². The fourth-order valence-electron chi connectivity index (χ4n) is 2.35. The number of aromatic nitrogens is 1. The summed E-state index contributed by atoms with van der Waals surface area (Å²) in [5, 5.41) is 15.3. The second-order valence-electron chi connectivity index (χ2n) is 6.58. The predicted molar refractivity (Wildman–Crippen MR) is 83.7 cm³/mol. The molecule has 0 spiro atoms. The van der Waals surface area contributed by atoms with Gasteiger partial charge in [0.15, 0.2) is 0 Å². The van der Waals surface area contributed by atoms with Crippen LogP contribution in [0.3, 0.4) is 0 Å². The van der Waals surface area contributed by atoms with Crippen molar-refractivity contribution in [1.82, 2.24) is 10.3 Å². The highest BCUT2D eigenvalue weighted by molar-refractivity contribution is 5.82. The van der Waals surface area contributed by atoms with Crippen LogP contribution in [0.25, 0.3) is 10.9 Å². The molecule has 0 fully saturated rings. The molecule has 2 aromatic rings. The maximum absolute atomic E-state index is 10.8. The summed E-state index contributed by atoms with van der Waals surface area (Å²) in [5.74, 6) is 0. The highest BCUT2D eigenvalue weighted by atomic mass is 16.3. The van der Waals surface area contributed by atoms with Crippen LogP contribution in [0.15, 0.2) is 36.5 Å². The number of pyridine rings is 1. The van der Waals surface area contributed by atoms with Crippen molar-refractivity contribution in [3.05, 3.63) is 42.1 Å². The summed E-state index contributed by atoms with van der Waals surface area (Å²) in [4.78, 5) is 4.42. The molecule has 0 aliphatic heterocycles. The van der Waals surface area contributed by atoms with E-state index in [1.807, 2.05) is 37.3 Å². The first-order valence-electron chi connectivity index (χ1n) is 7.11. The maximum Gasteiger partial charge on any atom is 0.0901 e. The summed E-state index contributed by atoms with van der Waals surface area (Å²) < 4.78 is 0. The quantitative estimate of drug-likeness (QED) is 0.898. The third-order valence-corrected chi connectivity index (χ3v) is 3.48. The Kier molecular flexibility index (Phi) is 4.11. The fourth-order valence-corrected chi connectivity index (χ4v) is 2.35. The monoisotopic (exact) mass is 272 g/mol. The van der Waals surface area contributed by atoms with Crippen LogP contribution < -0.4 is 5.32 Å². The Morgan fingerprint density at radius 3 is 2.50 bits per heavy atom. The lowest BCUT2D eigenvalue weighted by molar-refractivity contribution is 0.0477. The van der Waals surface area contributed by atoms with Crippen LogP contribution in [0, 0.1) is 0 Å². The van der Waals surface area contributed by atoms with Crippen LogP contribution >= 0.6 is 0 Å². The SMILES string of the molecule is CC(C)(C)NCCC(C)(O)c1cccc2cccnc12. The van der Waals surface area contributed by atoms with E-state index in [4.69, 9.17) is 0 Å². The van der Waals surface area contributed by atoms with Crippen molar-refractivity contribution in [2.75, 3.05) is 6.54 Å². The molecule has 0 aliphatic rings. The summed E-state index contributed by atoms with van der Waals surface area (Å²) in [5.41, 5.74) is 0.959. The van der Waals surface area contributed by atoms with E-state index in [0.717, 1.165) is 23.0 Å². The van der Waals surface area contributed by atoms with Crippen molar-refractivity contribution in [2.24, 2.45) is 0 Å². The second-order valence-corrected chi connectivity index (χ2v) is 6.58. The molecule has 0 amide bonds. The van der Waals surface area contributed by atoms with Crippen LogP contribution in [-0.2, 0) is 5.60 Å². The van der Waals surface area contributed by atoms with Gasteiger partial charge in [0, 0.05) is 22.7 Å². The van der Waals surface area contributed by atoms with E-state index in [9.17, 15) is 5.11 Å². The Hall–Kier alpha value is -1.45. The van der Waals surface area contributed by atoms with Gasteiger partial charge in [0.25, 0.3) is 0 Å². The van der Waals surface area contributed by atoms with Gasteiger partial charge in [-0.3, -0.25) is 4.98 Å². The molecule has 20 heavy (non-hydrogen) atoms. The molecule has 0 aliphatic carbocycles. The molecule has 3 heteroatoms. The molecule has 0 radical (unpaired) electrons. The summed E-state index contributed by atoms with van der Waals surface area (Å²) >= 11 is 0. The summed E-state index contributed by atoms with van der Waals surface area (Å²) in [6, 6.07) is 9.91. The lowest BCUT2D eigenvalue weighted by Crippen LogP contribution is -2.39. The topological polar surface area (TPSA) is 45.1 Å². The largest absolute Gasteiger partial charge is 0.385 e. The molecule has 1 aromatic heterocycles. The minimum Gasteiger partial charge on any atom is -0.385 e. The minimum atomic E-state index is -0.883. The number of rotatable bonds is 4. The van der Waals surface area contributed by atoms with Crippen LogP contribution in [-0.4, -0.2) is 22.2 Å². The number of aliphatic hydroxyl groups is 1. The van der Waals surface area contributed by atoms with Gasteiger partial charge in [-0.1, -0.05) is 24.3 Å². The first-order chi connectivity index (χ1) is 9.30. The van der Waals surface area contributed by atoms with E-state index in [2.05, 4.69) is 31.1 Å². The van der Waals surface area contributed by atoms with Crippen molar-refractivity contribution in [1.29, 1.82) is 0 Å². The highest BCUT2D eigenvalue weighted by Gasteiger charge is 2.26. The molecule has 1 aromatic carbocycles. The number of hydrogen-bond donors (Lipinski definition) is 2. The van der Waals surface area contributed by atoms with E-state index in [0.29, 0.717) is 6.42 Å². The number of para-hydroxylation sites is 1. The third-order valence-electron chi connectivity index (χ3n) is 3.48. The lowest BCUT2D eigenvalue weighted by Gasteiger charge is -2.28. The van der Waals surface area contributed by atoms with E-state index in [-0.39, 0.29) is 5.54 Å². The van der Waals surface area contributed by atoms with Crippen molar-refractivity contribution < 1.29 is 5.11 Å². The van der Waals surface area contributed by atoms with Crippen molar-refractivity contribution >= 4 is 10.9 Å². The zero-order chi connectivity index (χ0) is 14.8. The predicted octanol–water partition coefficient (Wildman–Crippen LogP) is 3.22. The van der Waals surface area contributed by atoms with Gasteiger partial charge < -0.3 is 10.4 Å². The summed E-state index contributed by atoms with van der Waals surface area (Å²) in [6.45, 7) is 9.00. The first-order valence-corrected chi connectivity index (χ1v) is 7.11. The molecule has 1 heterocycles. The molecule has 0 bridgehead atoms. The van der Waals surface area contributed by atoms with Crippen molar-refractivity contribution in [2.45, 2.75) is 45.3 Å². The van der Waals surface area contributed by atoms with E-state index in [1.165, 1.54) is 0 Å². The number of nitrogens with zero attached hydrogens (tertiary/aromatic N) is 1. The Balaban J connectivity index is 2.23. The molecule has 1 atom stereocenters. The Morgan fingerprint density at radius 1 is 1.10 bits per heavy atom. The summed E-state index contributed by atoms with van der Waals surface area (Å²) in [7, 11) is 0. The third kappa shape index (κ3) is 3.56. The molecule has 0 saturated heterocycles. The van der Waals surface area contributed by atoms with Gasteiger partial charge in [0.2, 0.25) is 0 Å². The molecule has 3 nitrogen and oxygen atoms in total. The number of fused-ring (bicyclic) bond motifs is 1. The zero-order valence-corrected chi connectivity index (χ0v) is 12.8. The van der Waals surface area contributed by atoms with Gasteiger partial charge in [-0.05, 0) is 46.7 Å². The van der Waals surface area contributed by atoms with E-state index >= 15 is 0 Å². The van der Waals surface area contributed by atoms with Crippen molar-refractivity contribution in [3.8, 4) is 0 Å². The van der Waals surface area contributed by atoms with E-state index in [1.54, 1.807) is 6.20 Å². The molecule has 1 unspecified atom stereocenters. The summed E-state index contributed by atoms with van der Waals surface area (Å²) in [6.07, 6.45) is 2.43. The maximum atomic E-state index is 10.8. The Morgan fingerprint density at radius 2 is 1.80 bits per heavy atom. The highest BCUT2D eigenvalue weighted by Crippen LogP contribution is 2.29. The number of nitrogens with one attached hydrogen (secondary N) is 1.